The standard InChI is InChI=1S/C24H30F3N3O3/c1-22(2,3)33-21(32)29-13-10-23(9-12-28,11-14-29)16-30(20(31)24(25,26)27)19-15-18(19)17-7-5-4-6-8-17/h4-8,18-19H,9-11,13-16H2,1-3H3/t18-,19+/m0/s1. The van der Waals surface area contributed by atoms with Gasteiger partial charge in [-0.15, -0.1) is 0 Å². The zero-order valence-electron chi connectivity index (χ0n) is 19.2. The van der Waals surface area contributed by atoms with E-state index in [0.29, 0.717) is 19.3 Å². The maximum Gasteiger partial charge on any atom is 0.471 e. The van der Waals surface area contributed by atoms with Crippen LogP contribution in [0.3, 0.4) is 0 Å². The van der Waals surface area contributed by atoms with E-state index in [4.69, 9.17) is 4.74 Å². The van der Waals surface area contributed by atoms with Crippen LogP contribution in [0, 0.1) is 16.7 Å². The van der Waals surface area contributed by atoms with E-state index < -0.39 is 35.2 Å². The number of hydrogen-bond acceptors (Lipinski definition) is 4. The highest BCUT2D eigenvalue weighted by Crippen LogP contribution is 2.48. The lowest BCUT2D eigenvalue weighted by atomic mass is 9.75. The van der Waals surface area contributed by atoms with E-state index in [-0.39, 0.29) is 32.0 Å². The summed E-state index contributed by atoms with van der Waals surface area (Å²) in [6, 6.07) is 10.7. The second kappa shape index (κ2) is 9.24. The van der Waals surface area contributed by atoms with Gasteiger partial charge in [-0.2, -0.15) is 18.4 Å². The van der Waals surface area contributed by atoms with Crippen molar-refractivity contribution in [3.8, 4) is 6.07 Å². The minimum absolute atomic E-state index is 0.0134. The zero-order chi connectivity index (χ0) is 24.4. The third kappa shape index (κ3) is 6.18. The molecule has 33 heavy (non-hydrogen) atoms. The number of likely N-dealkylation sites (tertiary alicyclic amines) is 1. The molecule has 1 saturated carbocycles. The maximum atomic E-state index is 13.5. The monoisotopic (exact) mass is 465 g/mol. The van der Waals surface area contributed by atoms with Crippen LogP contribution in [0.15, 0.2) is 30.3 Å². The topological polar surface area (TPSA) is 73.6 Å². The predicted octanol–water partition coefficient (Wildman–Crippen LogP) is 4.86. The summed E-state index contributed by atoms with van der Waals surface area (Å²) in [5, 5.41) is 9.43. The minimum atomic E-state index is -4.99. The van der Waals surface area contributed by atoms with Gasteiger partial charge in [0.1, 0.15) is 5.60 Å². The molecule has 6 nitrogen and oxygen atoms in total. The average molecular weight is 466 g/mol. The fourth-order valence-electron chi connectivity index (χ4n) is 4.50. The van der Waals surface area contributed by atoms with Crippen LogP contribution in [0.5, 0.6) is 0 Å². The molecule has 2 aliphatic rings. The Bertz CT molecular complexity index is 898. The van der Waals surface area contributed by atoms with Crippen molar-refractivity contribution in [2.24, 2.45) is 5.41 Å². The van der Waals surface area contributed by atoms with Gasteiger partial charge in [-0.25, -0.2) is 4.79 Å². The third-order valence-electron chi connectivity index (χ3n) is 6.32. The van der Waals surface area contributed by atoms with Gasteiger partial charge in [0.15, 0.2) is 0 Å². The Labute approximate surface area is 192 Å². The number of ether oxygens (including phenoxy) is 1. The Morgan fingerprint density at radius 2 is 1.79 bits per heavy atom. The largest absolute Gasteiger partial charge is 0.471 e. The van der Waals surface area contributed by atoms with E-state index in [1.165, 1.54) is 4.90 Å². The van der Waals surface area contributed by atoms with Crippen molar-refractivity contribution in [2.75, 3.05) is 19.6 Å². The van der Waals surface area contributed by atoms with E-state index in [0.717, 1.165) is 10.5 Å². The maximum absolute atomic E-state index is 13.5. The second-order valence-corrected chi connectivity index (χ2v) is 10.1. The van der Waals surface area contributed by atoms with Gasteiger partial charge in [0.25, 0.3) is 0 Å². The molecule has 3 rings (SSSR count). The summed E-state index contributed by atoms with van der Waals surface area (Å²) in [4.78, 5) is 27.2. The lowest BCUT2D eigenvalue weighted by Crippen LogP contribution is -2.52. The fraction of sp³-hybridized carbons (Fsp3) is 0.625. The van der Waals surface area contributed by atoms with E-state index in [1.54, 1.807) is 20.8 Å². The van der Waals surface area contributed by atoms with Crippen molar-refractivity contribution in [1.82, 2.24) is 9.80 Å². The molecule has 0 bridgehead atoms. The Morgan fingerprint density at radius 3 is 2.30 bits per heavy atom. The number of nitrogens with zero attached hydrogens (tertiary/aromatic N) is 3. The summed E-state index contributed by atoms with van der Waals surface area (Å²) >= 11 is 0. The highest BCUT2D eigenvalue weighted by atomic mass is 19.4. The molecule has 2 fully saturated rings. The molecule has 1 aliphatic carbocycles. The molecule has 2 atom stereocenters. The summed E-state index contributed by atoms with van der Waals surface area (Å²) in [6.07, 6.45) is -4.36. The molecule has 0 unspecified atom stereocenters. The van der Waals surface area contributed by atoms with Gasteiger partial charge in [0.05, 0.1) is 6.07 Å². The van der Waals surface area contributed by atoms with Gasteiger partial charge in [-0.1, -0.05) is 30.3 Å². The molecule has 0 aromatic heterocycles. The molecular formula is C24H30F3N3O3. The van der Waals surface area contributed by atoms with E-state index in [9.17, 15) is 28.0 Å². The second-order valence-electron chi connectivity index (χ2n) is 10.1. The summed E-state index contributed by atoms with van der Waals surface area (Å²) in [6.45, 7) is 5.64. The van der Waals surface area contributed by atoms with Crippen LogP contribution < -0.4 is 0 Å². The van der Waals surface area contributed by atoms with Gasteiger partial charge in [0.2, 0.25) is 0 Å². The number of carbonyl (C=O) groups excluding carboxylic acids is 2. The van der Waals surface area contributed by atoms with Gasteiger partial charge in [0, 0.05) is 43.4 Å². The predicted molar refractivity (Wildman–Crippen MR) is 115 cm³/mol. The number of rotatable bonds is 5. The van der Waals surface area contributed by atoms with E-state index >= 15 is 0 Å². The third-order valence-corrected chi connectivity index (χ3v) is 6.32. The Kier molecular flexibility index (Phi) is 6.96. The molecule has 1 aromatic carbocycles. The molecule has 0 spiro atoms. The van der Waals surface area contributed by atoms with Crippen LogP contribution >= 0.6 is 0 Å². The van der Waals surface area contributed by atoms with Crippen LogP contribution in [-0.4, -0.2) is 59.3 Å². The Hall–Kier alpha value is -2.76. The lowest BCUT2D eigenvalue weighted by molar-refractivity contribution is -0.188. The molecule has 1 saturated heterocycles. The SMILES string of the molecule is CC(C)(C)OC(=O)N1CCC(CC#N)(CN(C(=O)C(F)(F)F)[C@@H]2C[C@H]2c2ccccc2)CC1. The summed E-state index contributed by atoms with van der Waals surface area (Å²) in [7, 11) is 0. The van der Waals surface area contributed by atoms with Crippen molar-refractivity contribution in [3.05, 3.63) is 35.9 Å². The van der Waals surface area contributed by atoms with Crippen molar-refractivity contribution in [3.63, 3.8) is 0 Å². The molecule has 1 aromatic rings. The van der Waals surface area contributed by atoms with Crippen molar-refractivity contribution in [2.45, 2.75) is 70.2 Å². The highest BCUT2D eigenvalue weighted by Gasteiger charge is 2.54. The first-order valence-corrected chi connectivity index (χ1v) is 11.1. The molecule has 0 radical (unpaired) electrons. The molecular weight excluding hydrogens is 435 g/mol. The van der Waals surface area contributed by atoms with Gasteiger partial charge in [-0.3, -0.25) is 4.79 Å². The molecule has 0 N–H and O–H groups in total. The van der Waals surface area contributed by atoms with E-state index in [2.05, 4.69) is 6.07 Å². The molecule has 2 amide bonds. The van der Waals surface area contributed by atoms with Crippen LogP contribution in [-0.2, 0) is 9.53 Å². The molecule has 180 valence electrons. The normalized spacial score (nSPS) is 22.3. The zero-order valence-corrected chi connectivity index (χ0v) is 19.2. The fourth-order valence-corrected chi connectivity index (χ4v) is 4.50. The van der Waals surface area contributed by atoms with E-state index in [1.807, 2.05) is 30.3 Å². The highest BCUT2D eigenvalue weighted by molar-refractivity contribution is 5.82. The van der Waals surface area contributed by atoms with Crippen LogP contribution in [0.25, 0.3) is 0 Å². The first kappa shape index (κ1) is 24.9. The van der Waals surface area contributed by atoms with Gasteiger partial charge >= 0.3 is 18.2 Å². The van der Waals surface area contributed by atoms with Gasteiger partial charge in [-0.05, 0) is 45.6 Å². The molecule has 1 heterocycles. The summed E-state index contributed by atoms with van der Waals surface area (Å²) < 4.78 is 45.8. The number of halogens is 3. The summed E-state index contributed by atoms with van der Waals surface area (Å²) in [5.74, 6) is -2.02. The molecule has 9 heteroatoms. The number of carbonyl (C=O) groups is 2. The quantitative estimate of drug-likeness (QED) is 0.622. The number of benzene rings is 1. The number of nitriles is 1. The van der Waals surface area contributed by atoms with Crippen LogP contribution in [0.4, 0.5) is 18.0 Å². The average Bonchev–Trinajstić information content (AvgIpc) is 3.52. The Balaban J connectivity index is 1.76. The first-order chi connectivity index (χ1) is 15.4. The molecule has 1 aliphatic heterocycles. The van der Waals surface area contributed by atoms with Crippen LogP contribution in [0.2, 0.25) is 0 Å². The summed E-state index contributed by atoms with van der Waals surface area (Å²) in [5.41, 5.74) is -0.568. The number of amides is 2. The number of hydrogen-bond donors (Lipinski definition) is 0. The number of piperidine rings is 1. The Morgan fingerprint density at radius 1 is 1.18 bits per heavy atom. The number of alkyl halides is 3. The van der Waals surface area contributed by atoms with Crippen molar-refractivity contribution < 1.29 is 27.5 Å². The van der Waals surface area contributed by atoms with Gasteiger partial charge < -0.3 is 14.5 Å². The smallest absolute Gasteiger partial charge is 0.444 e. The minimum Gasteiger partial charge on any atom is -0.444 e. The van der Waals surface area contributed by atoms with Crippen LogP contribution in [0.1, 0.15) is 57.9 Å². The first-order valence-electron chi connectivity index (χ1n) is 11.1. The van der Waals surface area contributed by atoms with Crippen molar-refractivity contribution in [1.29, 1.82) is 5.26 Å². The van der Waals surface area contributed by atoms with Crippen molar-refractivity contribution >= 4 is 12.0 Å². The lowest BCUT2D eigenvalue weighted by Gasteiger charge is -2.43.